The predicted molar refractivity (Wildman–Crippen MR) is 120 cm³/mol. The van der Waals surface area contributed by atoms with Crippen molar-refractivity contribution in [3.05, 3.63) is 87.6 Å². The van der Waals surface area contributed by atoms with Gasteiger partial charge in [-0.25, -0.2) is 13.4 Å². The molecule has 0 saturated carbocycles. The van der Waals surface area contributed by atoms with Crippen molar-refractivity contribution in [3.63, 3.8) is 0 Å². The van der Waals surface area contributed by atoms with E-state index in [-0.39, 0.29) is 11.9 Å². The highest BCUT2D eigenvalue weighted by atomic mass is 32.2. The molecule has 2 heterocycles. The van der Waals surface area contributed by atoms with Crippen LogP contribution in [0.2, 0.25) is 0 Å². The molecule has 154 valence electrons. The Morgan fingerprint density at radius 1 is 1.13 bits per heavy atom. The third-order valence-electron chi connectivity index (χ3n) is 4.86. The molecule has 1 N–H and O–H groups in total. The number of nitrogens with zero attached hydrogens (tertiary/aromatic N) is 2. The zero-order chi connectivity index (χ0) is 21.3. The van der Waals surface area contributed by atoms with Gasteiger partial charge in [0, 0.05) is 22.5 Å². The average Bonchev–Trinajstić information content (AvgIpc) is 3.36. The standard InChI is InChI=1S/C22H21N3O3S2/c1-15-7-3-4-10-18(15)22(26)25-20(21-11-6-12-29-21)14-19(23-25)16-8-5-9-17(13-16)24-30(2,27)28/h3-13,20,24H,14H2,1-2H3/t20-/m0/s1. The van der Waals surface area contributed by atoms with E-state index in [0.29, 0.717) is 17.7 Å². The fourth-order valence-corrected chi connectivity index (χ4v) is 4.85. The molecule has 0 radical (unpaired) electrons. The van der Waals surface area contributed by atoms with Crippen LogP contribution in [0.3, 0.4) is 0 Å². The third-order valence-corrected chi connectivity index (χ3v) is 6.44. The summed E-state index contributed by atoms with van der Waals surface area (Å²) in [6.07, 6.45) is 1.67. The second-order valence-corrected chi connectivity index (χ2v) is 9.93. The zero-order valence-electron chi connectivity index (χ0n) is 16.6. The van der Waals surface area contributed by atoms with E-state index in [9.17, 15) is 13.2 Å². The molecule has 4 rings (SSSR count). The van der Waals surface area contributed by atoms with Crippen LogP contribution in [-0.2, 0) is 10.0 Å². The van der Waals surface area contributed by atoms with Crippen LogP contribution in [0.5, 0.6) is 0 Å². The highest BCUT2D eigenvalue weighted by Crippen LogP contribution is 2.36. The molecule has 1 aliphatic heterocycles. The fraction of sp³-hybridized carbons (Fsp3) is 0.182. The molecule has 30 heavy (non-hydrogen) atoms. The molecule has 3 aromatic rings. The Morgan fingerprint density at radius 2 is 1.93 bits per heavy atom. The molecule has 1 aliphatic rings. The van der Waals surface area contributed by atoms with Crippen molar-refractivity contribution in [2.24, 2.45) is 5.10 Å². The number of carbonyl (C=O) groups excluding carboxylic acids is 1. The lowest BCUT2D eigenvalue weighted by Gasteiger charge is -2.21. The van der Waals surface area contributed by atoms with Gasteiger partial charge in [-0.05, 0) is 47.7 Å². The largest absolute Gasteiger partial charge is 0.284 e. The summed E-state index contributed by atoms with van der Waals surface area (Å²) in [4.78, 5) is 14.4. The van der Waals surface area contributed by atoms with Crippen LogP contribution in [0.25, 0.3) is 0 Å². The van der Waals surface area contributed by atoms with Crippen molar-refractivity contribution in [2.45, 2.75) is 19.4 Å². The van der Waals surface area contributed by atoms with Crippen LogP contribution >= 0.6 is 11.3 Å². The molecule has 1 aromatic heterocycles. The van der Waals surface area contributed by atoms with E-state index < -0.39 is 10.0 Å². The molecule has 0 saturated heterocycles. The maximum absolute atomic E-state index is 13.3. The van der Waals surface area contributed by atoms with Gasteiger partial charge in [-0.15, -0.1) is 11.3 Å². The number of hydrogen-bond donors (Lipinski definition) is 1. The number of thiophene rings is 1. The summed E-state index contributed by atoms with van der Waals surface area (Å²) in [7, 11) is -3.38. The van der Waals surface area contributed by atoms with Crippen molar-refractivity contribution in [1.29, 1.82) is 0 Å². The molecule has 0 bridgehead atoms. The minimum Gasteiger partial charge on any atom is -0.284 e. The monoisotopic (exact) mass is 439 g/mol. The van der Waals surface area contributed by atoms with Crippen LogP contribution in [0, 0.1) is 6.92 Å². The molecule has 6 nitrogen and oxygen atoms in total. The molecule has 2 aromatic carbocycles. The lowest BCUT2D eigenvalue weighted by Crippen LogP contribution is -2.27. The second kappa shape index (κ2) is 8.04. The number of aryl methyl sites for hydroxylation is 1. The van der Waals surface area contributed by atoms with Crippen molar-refractivity contribution >= 4 is 38.7 Å². The lowest BCUT2D eigenvalue weighted by molar-refractivity contribution is 0.0713. The van der Waals surface area contributed by atoms with Crippen LogP contribution in [0.1, 0.15) is 38.8 Å². The van der Waals surface area contributed by atoms with Gasteiger partial charge < -0.3 is 0 Å². The van der Waals surface area contributed by atoms with E-state index in [0.717, 1.165) is 28.0 Å². The Kier molecular flexibility index (Phi) is 5.44. The fourth-order valence-electron chi connectivity index (χ4n) is 3.49. The second-order valence-electron chi connectivity index (χ2n) is 7.20. The van der Waals surface area contributed by atoms with Gasteiger partial charge in [-0.2, -0.15) is 5.10 Å². The summed E-state index contributed by atoms with van der Waals surface area (Å²) in [5.74, 6) is -0.146. The van der Waals surface area contributed by atoms with Gasteiger partial charge in [0.25, 0.3) is 5.91 Å². The van der Waals surface area contributed by atoms with Gasteiger partial charge in [0.1, 0.15) is 0 Å². The summed E-state index contributed by atoms with van der Waals surface area (Å²) in [6, 6.07) is 18.3. The van der Waals surface area contributed by atoms with Gasteiger partial charge in [0.05, 0.1) is 18.0 Å². The van der Waals surface area contributed by atoms with Crippen LogP contribution in [-0.4, -0.2) is 31.3 Å². The van der Waals surface area contributed by atoms with Gasteiger partial charge in [0.15, 0.2) is 0 Å². The topological polar surface area (TPSA) is 78.8 Å². The number of benzene rings is 2. The molecule has 0 spiro atoms. The van der Waals surface area contributed by atoms with Gasteiger partial charge in [0.2, 0.25) is 10.0 Å². The van der Waals surface area contributed by atoms with Crippen LogP contribution in [0.4, 0.5) is 5.69 Å². The van der Waals surface area contributed by atoms with Crippen molar-refractivity contribution in [3.8, 4) is 0 Å². The number of sulfonamides is 1. The summed E-state index contributed by atoms with van der Waals surface area (Å²) in [5.41, 5.74) is 3.51. The van der Waals surface area contributed by atoms with E-state index in [2.05, 4.69) is 9.82 Å². The lowest BCUT2D eigenvalue weighted by atomic mass is 10.0. The maximum atomic E-state index is 13.3. The number of hydrazone groups is 1. The SMILES string of the molecule is Cc1ccccc1C(=O)N1N=C(c2cccc(NS(C)(=O)=O)c2)C[C@H]1c1cccs1. The first-order valence-electron chi connectivity index (χ1n) is 9.40. The summed E-state index contributed by atoms with van der Waals surface area (Å²) < 4.78 is 25.6. The normalized spacial score (nSPS) is 16.4. The number of anilines is 1. The number of rotatable bonds is 5. The molecular weight excluding hydrogens is 418 g/mol. The summed E-state index contributed by atoms with van der Waals surface area (Å²) in [5, 5.41) is 8.22. The summed E-state index contributed by atoms with van der Waals surface area (Å²) >= 11 is 1.59. The first kappa shape index (κ1) is 20.3. The number of amides is 1. The van der Waals surface area contributed by atoms with E-state index in [4.69, 9.17) is 0 Å². The Labute approximate surface area is 179 Å². The minimum atomic E-state index is -3.38. The van der Waals surface area contributed by atoms with E-state index >= 15 is 0 Å². The molecule has 8 heteroatoms. The van der Waals surface area contributed by atoms with Gasteiger partial charge in [-0.1, -0.05) is 36.4 Å². The highest BCUT2D eigenvalue weighted by Gasteiger charge is 2.34. The Hall–Kier alpha value is -2.97. The van der Waals surface area contributed by atoms with Gasteiger partial charge in [-0.3, -0.25) is 9.52 Å². The molecule has 0 aliphatic carbocycles. The molecule has 1 amide bonds. The maximum Gasteiger partial charge on any atom is 0.274 e. The third kappa shape index (κ3) is 4.29. The van der Waals surface area contributed by atoms with Crippen molar-refractivity contribution < 1.29 is 13.2 Å². The predicted octanol–water partition coefficient (Wildman–Crippen LogP) is 4.42. The minimum absolute atomic E-state index is 0.146. The van der Waals surface area contributed by atoms with E-state index in [1.54, 1.807) is 34.5 Å². The van der Waals surface area contributed by atoms with Crippen molar-refractivity contribution in [2.75, 3.05) is 11.0 Å². The Balaban J connectivity index is 1.72. The summed E-state index contributed by atoms with van der Waals surface area (Å²) in [6.45, 7) is 1.91. The number of carbonyl (C=O) groups is 1. The molecule has 0 unspecified atom stereocenters. The molecule has 1 atom stereocenters. The molecular formula is C22H21N3O3S2. The quantitative estimate of drug-likeness (QED) is 0.639. The Bertz CT molecular complexity index is 1220. The van der Waals surface area contributed by atoms with Crippen molar-refractivity contribution in [1.82, 2.24) is 5.01 Å². The number of hydrogen-bond acceptors (Lipinski definition) is 5. The zero-order valence-corrected chi connectivity index (χ0v) is 18.2. The van der Waals surface area contributed by atoms with Crippen LogP contribution in [0.15, 0.2) is 71.1 Å². The Morgan fingerprint density at radius 3 is 2.63 bits per heavy atom. The van der Waals surface area contributed by atoms with E-state index in [1.807, 2.05) is 54.8 Å². The first-order chi connectivity index (χ1) is 14.3. The molecule has 0 fully saturated rings. The smallest absolute Gasteiger partial charge is 0.274 e. The highest BCUT2D eigenvalue weighted by molar-refractivity contribution is 7.92. The first-order valence-corrected chi connectivity index (χ1v) is 12.2. The van der Waals surface area contributed by atoms with Gasteiger partial charge >= 0.3 is 0 Å². The van der Waals surface area contributed by atoms with E-state index in [1.165, 1.54) is 0 Å². The number of nitrogens with one attached hydrogen (secondary N) is 1. The van der Waals surface area contributed by atoms with Crippen LogP contribution < -0.4 is 4.72 Å². The average molecular weight is 440 g/mol.